The fraction of sp³-hybridized carbons (Fsp3) is 0.294. The van der Waals surface area contributed by atoms with Crippen molar-refractivity contribution in [3.05, 3.63) is 58.2 Å². The summed E-state index contributed by atoms with van der Waals surface area (Å²) in [5.41, 5.74) is -0.258. The van der Waals surface area contributed by atoms with Crippen molar-refractivity contribution in [1.82, 2.24) is 9.47 Å². The largest absolute Gasteiger partial charge is 0.457 e. The molecular weight excluding hydrogens is 383 g/mol. The zero-order chi connectivity index (χ0) is 19.6. The third-order valence-corrected chi connectivity index (χ3v) is 4.60. The number of aromatic nitrogens is 1. The SMILES string of the molecule is Cc1cn(-c2ccc(C(F)(F)F)cc2)/c(=N/C(=O)N(C)CC2OC=CO2)s1. The summed E-state index contributed by atoms with van der Waals surface area (Å²) in [6.45, 7) is 2.00. The lowest BCUT2D eigenvalue weighted by Gasteiger charge is -2.17. The number of amides is 2. The Balaban J connectivity index is 1.84. The van der Waals surface area contributed by atoms with Crippen molar-refractivity contribution in [2.75, 3.05) is 13.6 Å². The first-order valence-electron chi connectivity index (χ1n) is 7.86. The molecule has 1 aromatic carbocycles. The van der Waals surface area contributed by atoms with E-state index in [4.69, 9.17) is 9.47 Å². The van der Waals surface area contributed by atoms with Crippen LogP contribution in [0.1, 0.15) is 10.4 Å². The Morgan fingerprint density at radius 1 is 1.26 bits per heavy atom. The van der Waals surface area contributed by atoms with Crippen LogP contribution in [0, 0.1) is 6.92 Å². The normalized spacial score (nSPS) is 14.9. The fourth-order valence-corrected chi connectivity index (χ4v) is 3.18. The van der Waals surface area contributed by atoms with E-state index in [0.29, 0.717) is 10.5 Å². The van der Waals surface area contributed by atoms with Gasteiger partial charge in [0.2, 0.25) is 0 Å². The summed E-state index contributed by atoms with van der Waals surface area (Å²) in [5.74, 6) is 0. The van der Waals surface area contributed by atoms with Gasteiger partial charge in [0.15, 0.2) is 4.80 Å². The number of carbonyl (C=O) groups excluding carboxylic acids is 1. The number of likely N-dealkylation sites (N-methyl/N-ethyl adjacent to an activating group) is 1. The number of carbonyl (C=O) groups is 1. The van der Waals surface area contributed by atoms with Crippen LogP contribution in [0.25, 0.3) is 5.69 Å². The van der Waals surface area contributed by atoms with E-state index >= 15 is 0 Å². The molecule has 0 unspecified atom stereocenters. The molecule has 0 radical (unpaired) electrons. The minimum absolute atomic E-state index is 0.181. The van der Waals surface area contributed by atoms with Gasteiger partial charge in [-0.15, -0.1) is 11.3 Å². The maximum atomic E-state index is 12.7. The Morgan fingerprint density at radius 3 is 2.48 bits per heavy atom. The van der Waals surface area contributed by atoms with Crippen LogP contribution in [-0.2, 0) is 15.7 Å². The Morgan fingerprint density at radius 2 is 1.89 bits per heavy atom. The quantitative estimate of drug-likeness (QED) is 0.792. The molecular formula is C17H16F3N3O3S. The molecule has 2 aromatic rings. The van der Waals surface area contributed by atoms with E-state index in [1.807, 2.05) is 6.92 Å². The first-order chi connectivity index (χ1) is 12.7. The first-order valence-corrected chi connectivity index (χ1v) is 8.68. The summed E-state index contributed by atoms with van der Waals surface area (Å²) in [6, 6.07) is 4.16. The number of alkyl halides is 3. The Kier molecular flexibility index (Phi) is 5.26. The van der Waals surface area contributed by atoms with Crippen LogP contribution >= 0.6 is 11.3 Å². The molecule has 1 aromatic heterocycles. The van der Waals surface area contributed by atoms with Crippen LogP contribution in [0.4, 0.5) is 18.0 Å². The minimum atomic E-state index is -4.40. The smallest absolute Gasteiger partial charge is 0.416 e. The lowest BCUT2D eigenvalue weighted by Crippen LogP contribution is -2.34. The third kappa shape index (κ3) is 4.51. The van der Waals surface area contributed by atoms with Gasteiger partial charge in [-0.25, -0.2) is 4.79 Å². The topological polar surface area (TPSA) is 56.1 Å². The summed E-state index contributed by atoms with van der Waals surface area (Å²) in [7, 11) is 1.56. The average Bonchev–Trinajstić information content (AvgIpc) is 3.23. The van der Waals surface area contributed by atoms with E-state index < -0.39 is 24.1 Å². The molecule has 1 aliphatic rings. The zero-order valence-corrected chi connectivity index (χ0v) is 15.3. The predicted octanol–water partition coefficient (Wildman–Crippen LogP) is 3.66. The predicted molar refractivity (Wildman–Crippen MR) is 92.1 cm³/mol. The molecule has 10 heteroatoms. The van der Waals surface area contributed by atoms with Crippen LogP contribution in [0.2, 0.25) is 0 Å². The van der Waals surface area contributed by atoms with Crippen molar-refractivity contribution in [3.8, 4) is 5.69 Å². The highest BCUT2D eigenvalue weighted by atomic mass is 32.1. The van der Waals surface area contributed by atoms with Gasteiger partial charge in [-0.3, -0.25) is 4.57 Å². The fourth-order valence-electron chi connectivity index (χ4n) is 2.36. The number of ether oxygens (including phenoxy) is 2. The maximum Gasteiger partial charge on any atom is 0.416 e. The number of urea groups is 1. The molecule has 0 aliphatic carbocycles. The summed E-state index contributed by atoms with van der Waals surface area (Å²) >= 11 is 1.26. The number of halogens is 3. The molecule has 3 rings (SSSR count). The van der Waals surface area contributed by atoms with E-state index in [1.54, 1.807) is 17.8 Å². The minimum Gasteiger partial charge on any atom is -0.457 e. The third-order valence-electron chi connectivity index (χ3n) is 3.70. The second kappa shape index (κ2) is 7.47. The van der Waals surface area contributed by atoms with Gasteiger partial charge in [-0.1, -0.05) is 0 Å². The number of thiazole rings is 1. The van der Waals surface area contributed by atoms with Crippen LogP contribution in [-0.4, -0.2) is 35.4 Å². The molecule has 0 fully saturated rings. The standard InChI is InChI=1S/C17H16F3N3O3S/c1-11-9-23(13-5-3-12(4-6-13)17(18,19)20)16(27-11)21-15(24)22(2)10-14-25-7-8-26-14/h3-9,14H,10H2,1-2H3/b21-16-. The molecule has 0 saturated carbocycles. The highest BCUT2D eigenvalue weighted by Gasteiger charge is 2.30. The highest BCUT2D eigenvalue weighted by molar-refractivity contribution is 7.09. The lowest BCUT2D eigenvalue weighted by molar-refractivity contribution is -0.137. The number of benzene rings is 1. The van der Waals surface area contributed by atoms with Gasteiger partial charge in [-0.05, 0) is 31.2 Å². The number of aryl methyl sites for hydroxylation is 1. The molecule has 2 heterocycles. The molecule has 1 aliphatic heterocycles. The number of hydrogen-bond acceptors (Lipinski definition) is 4. The second-order valence-electron chi connectivity index (χ2n) is 5.79. The van der Waals surface area contributed by atoms with Crippen molar-refractivity contribution < 1.29 is 27.4 Å². The van der Waals surface area contributed by atoms with Crippen LogP contribution < -0.4 is 4.80 Å². The van der Waals surface area contributed by atoms with Crippen molar-refractivity contribution in [1.29, 1.82) is 0 Å². The maximum absolute atomic E-state index is 12.7. The van der Waals surface area contributed by atoms with E-state index in [2.05, 4.69) is 4.99 Å². The summed E-state index contributed by atoms with van der Waals surface area (Å²) in [4.78, 5) is 19.0. The van der Waals surface area contributed by atoms with Gasteiger partial charge in [0.1, 0.15) is 12.5 Å². The first kappa shape index (κ1) is 19.0. The second-order valence-corrected chi connectivity index (χ2v) is 7.00. The van der Waals surface area contributed by atoms with Crippen LogP contribution in [0.5, 0.6) is 0 Å². The van der Waals surface area contributed by atoms with E-state index in [9.17, 15) is 18.0 Å². The molecule has 6 nitrogen and oxygen atoms in total. The Bertz CT molecular complexity index is 908. The molecule has 0 atom stereocenters. The van der Waals surface area contributed by atoms with Crippen molar-refractivity contribution >= 4 is 17.4 Å². The van der Waals surface area contributed by atoms with Crippen molar-refractivity contribution in [2.24, 2.45) is 4.99 Å². The number of hydrogen-bond donors (Lipinski definition) is 0. The van der Waals surface area contributed by atoms with Crippen molar-refractivity contribution in [3.63, 3.8) is 0 Å². The molecule has 0 N–H and O–H groups in total. The lowest BCUT2D eigenvalue weighted by atomic mass is 10.2. The molecule has 0 saturated heterocycles. The molecule has 0 bridgehead atoms. The van der Waals surface area contributed by atoms with Gasteiger partial charge in [-0.2, -0.15) is 18.2 Å². The summed E-state index contributed by atoms with van der Waals surface area (Å²) < 4.78 is 50.0. The zero-order valence-electron chi connectivity index (χ0n) is 14.4. The van der Waals surface area contributed by atoms with Gasteiger partial charge in [0.25, 0.3) is 6.29 Å². The van der Waals surface area contributed by atoms with E-state index in [0.717, 1.165) is 17.0 Å². The molecule has 27 heavy (non-hydrogen) atoms. The van der Waals surface area contributed by atoms with Crippen LogP contribution in [0.3, 0.4) is 0 Å². The van der Waals surface area contributed by atoms with E-state index in [-0.39, 0.29) is 6.54 Å². The van der Waals surface area contributed by atoms with Crippen molar-refractivity contribution in [2.45, 2.75) is 19.4 Å². The van der Waals surface area contributed by atoms with Gasteiger partial charge >= 0.3 is 12.2 Å². The van der Waals surface area contributed by atoms with E-state index in [1.165, 1.54) is 40.9 Å². The Hall–Kier alpha value is -2.75. The number of rotatable bonds is 3. The average molecular weight is 399 g/mol. The Labute approximate surface area is 156 Å². The highest BCUT2D eigenvalue weighted by Crippen LogP contribution is 2.29. The van der Waals surface area contributed by atoms with Crippen LogP contribution in [0.15, 0.2) is 48.0 Å². The molecule has 144 valence electrons. The summed E-state index contributed by atoms with van der Waals surface area (Å²) in [6.07, 6.45) is -0.491. The molecule has 2 amide bonds. The number of nitrogens with zero attached hydrogens (tertiary/aromatic N) is 3. The monoisotopic (exact) mass is 399 g/mol. The summed E-state index contributed by atoms with van der Waals surface area (Å²) in [5, 5.41) is 0. The van der Waals surface area contributed by atoms with Gasteiger partial charge in [0.05, 0.1) is 12.1 Å². The van der Waals surface area contributed by atoms with Gasteiger partial charge in [0, 0.05) is 23.8 Å². The van der Waals surface area contributed by atoms with Gasteiger partial charge < -0.3 is 14.4 Å². The molecule has 0 spiro atoms.